The zero-order valence-corrected chi connectivity index (χ0v) is 30.3. The minimum Gasteiger partial charge on any atom is -0.228 e. The second kappa shape index (κ2) is 13.5. The Balaban J connectivity index is 0.965. The van der Waals surface area contributed by atoms with Crippen molar-refractivity contribution in [2.45, 2.75) is 37.5 Å². The number of hydrogen-bond donors (Lipinski definition) is 0. The van der Waals surface area contributed by atoms with E-state index in [-0.39, 0.29) is 5.41 Å². The van der Waals surface area contributed by atoms with Gasteiger partial charge < -0.3 is 0 Å². The molecular formula is C52H40N2. The Labute approximate surface area is 317 Å². The first-order valence-corrected chi connectivity index (χ1v) is 19.3. The SMILES string of the molecule is c1ccc(-c2ccc(-c3cc(-c4ccccc4)nc(-c4ccc(-c5ccc(-c6cccc7c6-c6ccccc6C76CCCCC6)cc5)cc4)n3)cc2)cc1. The van der Waals surface area contributed by atoms with Crippen LogP contribution in [0.4, 0.5) is 0 Å². The van der Waals surface area contributed by atoms with Gasteiger partial charge in [-0.25, -0.2) is 9.97 Å². The van der Waals surface area contributed by atoms with Gasteiger partial charge in [-0.3, -0.25) is 0 Å². The summed E-state index contributed by atoms with van der Waals surface area (Å²) in [7, 11) is 0. The maximum Gasteiger partial charge on any atom is 0.160 e. The molecule has 2 heteroatoms. The second-order valence-electron chi connectivity index (χ2n) is 14.8. The average Bonchev–Trinajstić information content (AvgIpc) is 3.53. The van der Waals surface area contributed by atoms with Crippen LogP contribution in [-0.4, -0.2) is 9.97 Å². The minimum absolute atomic E-state index is 0.167. The summed E-state index contributed by atoms with van der Waals surface area (Å²) in [5.41, 5.74) is 18.4. The lowest BCUT2D eigenvalue weighted by Crippen LogP contribution is -2.27. The third-order valence-corrected chi connectivity index (χ3v) is 11.8. The summed E-state index contributed by atoms with van der Waals surface area (Å²) in [5.74, 6) is 0.717. The molecule has 7 aromatic carbocycles. The molecule has 0 atom stereocenters. The van der Waals surface area contributed by atoms with E-state index in [4.69, 9.17) is 9.97 Å². The van der Waals surface area contributed by atoms with Crippen LogP contribution >= 0.6 is 0 Å². The molecule has 0 saturated heterocycles. The predicted octanol–water partition coefficient (Wildman–Crippen LogP) is 13.7. The number of rotatable bonds is 6. The van der Waals surface area contributed by atoms with E-state index in [1.807, 2.05) is 12.1 Å². The van der Waals surface area contributed by atoms with E-state index in [2.05, 4.69) is 170 Å². The normalized spacial score (nSPS) is 14.1. The molecule has 2 nitrogen and oxygen atoms in total. The molecule has 0 aliphatic heterocycles. The van der Waals surface area contributed by atoms with Gasteiger partial charge >= 0.3 is 0 Å². The van der Waals surface area contributed by atoms with Crippen molar-refractivity contribution in [3.8, 4) is 78.4 Å². The fourth-order valence-corrected chi connectivity index (χ4v) is 9.04. The lowest BCUT2D eigenvalue weighted by Gasteiger charge is -2.36. The maximum atomic E-state index is 5.11. The van der Waals surface area contributed by atoms with E-state index in [0.29, 0.717) is 5.82 Å². The van der Waals surface area contributed by atoms with Crippen LogP contribution in [0.2, 0.25) is 0 Å². The fraction of sp³-hybridized carbons (Fsp3) is 0.115. The summed E-state index contributed by atoms with van der Waals surface area (Å²) >= 11 is 0. The van der Waals surface area contributed by atoms with Gasteiger partial charge in [-0.2, -0.15) is 0 Å². The topological polar surface area (TPSA) is 25.8 Å². The van der Waals surface area contributed by atoms with Crippen LogP contribution in [0.1, 0.15) is 43.2 Å². The van der Waals surface area contributed by atoms with Crippen molar-refractivity contribution in [1.29, 1.82) is 0 Å². The summed E-state index contributed by atoms with van der Waals surface area (Å²) in [6, 6.07) is 65.6. The predicted molar refractivity (Wildman–Crippen MR) is 224 cm³/mol. The third-order valence-electron chi connectivity index (χ3n) is 11.8. The molecule has 0 bridgehead atoms. The lowest BCUT2D eigenvalue weighted by molar-refractivity contribution is 0.353. The van der Waals surface area contributed by atoms with E-state index >= 15 is 0 Å². The molecule has 2 aliphatic carbocycles. The highest BCUT2D eigenvalue weighted by Gasteiger charge is 2.44. The molecule has 54 heavy (non-hydrogen) atoms. The van der Waals surface area contributed by atoms with Crippen LogP contribution in [-0.2, 0) is 5.41 Å². The number of nitrogens with zero attached hydrogens (tertiary/aromatic N) is 2. The maximum absolute atomic E-state index is 5.11. The Morgan fingerprint density at radius 1 is 0.333 bits per heavy atom. The smallest absolute Gasteiger partial charge is 0.160 e. The van der Waals surface area contributed by atoms with Gasteiger partial charge in [0.15, 0.2) is 5.82 Å². The third kappa shape index (κ3) is 5.67. The van der Waals surface area contributed by atoms with Gasteiger partial charge in [0.25, 0.3) is 0 Å². The number of benzene rings is 7. The molecule has 1 saturated carbocycles. The molecule has 8 aromatic rings. The van der Waals surface area contributed by atoms with Crippen molar-refractivity contribution >= 4 is 0 Å². The second-order valence-corrected chi connectivity index (χ2v) is 14.8. The molecule has 0 amide bonds. The largest absolute Gasteiger partial charge is 0.228 e. The van der Waals surface area contributed by atoms with Crippen molar-refractivity contribution in [1.82, 2.24) is 9.97 Å². The number of hydrogen-bond acceptors (Lipinski definition) is 2. The lowest BCUT2D eigenvalue weighted by atomic mass is 9.68. The summed E-state index contributed by atoms with van der Waals surface area (Å²) in [4.78, 5) is 10.2. The Hall–Kier alpha value is -6.38. The number of aromatic nitrogens is 2. The van der Waals surface area contributed by atoms with Crippen molar-refractivity contribution in [2.75, 3.05) is 0 Å². The van der Waals surface area contributed by atoms with Gasteiger partial charge in [-0.1, -0.05) is 195 Å². The first-order chi connectivity index (χ1) is 26.7. The Kier molecular flexibility index (Phi) is 8.10. The highest BCUT2D eigenvalue weighted by Crippen LogP contribution is 2.57. The first-order valence-electron chi connectivity index (χ1n) is 19.3. The zero-order chi connectivity index (χ0) is 35.9. The molecule has 1 aromatic heterocycles. The summed E-state index contributed by atoms with van der Waals surface area (Å²) in [6.07, 6.45) is 6.46. The molecule has 0 N–H and O–H groups in total. The molecule has 0 radical (unpaired) electrons. The minimum atomic E-state index is 0.167. The molecule has 258 valence electrons. The summed E-state index contributed by atoms with van der Waals surface area (Å²) < 4.78 is 0. The fourth-order valence-electron chi connectivity index (χ4n) is 9.04. The molecule has 1 heterocycles. The molecular weight excluding hydrogens is 653 g/mol. The highest BCUT2D eigenvalue weighted by atomic mass is 14.9. The van der Waals surface area contributed by atoms with Crippen molar-refractivity contribution in [2.24, 2.45) is 0 Å². The quantitative estimate of drug-likeness (QED) is 0.173. The van der Waals surface area contributed by atoms with Gasteiger partial charge in [0.2, 0.25) is 0 Å². The number of fused-ring (bicyclic) bond motifs is 5. The van der Waals surface area contributed by atoms with Gasteiger partial charge in [0, 0.05) is 22.1 Å². The summed E-state index contributed by atoms with van der Waals surface area (Å²) in [5, 5.41) is 0. The monoisotopic (exact) mass is 692 g/mol. The average molecular weight is 693 g/mol. The standard InChI is InChI=1S/C52H40N2/c1-4-13-36(14-5-1)37-23-29-42(30-24-37)49-35-48(41-15-6-2-7-16-41)53-51(54-49)43-31-25-39(26-32-43)38-21-27-40(28-22-38)44-18-12-20-47-50(44)45-17-8-9-19-46(45)52(47)33-10-3-11-34-52/h1-2,4-9,12-32,35H,3,10-11,33-34H2. The highest BCUT2D eigenvalue weighted by molar-refractivity contribution is 5.93. The van der Waals surface area contributed by atoms with Crippen LogP contribution in [0, 0.1) is 0 Å². The van der Waals surface area contributed by atoms with Gasteiger partial charge in [0.05, 0.1) is 11.4 Å². The Bertz CT molecular complexity index is 2580. The first kappa shape index (κ1) is 32.3. The molecule has 2 aliphatic rings. The van der Waals surface area contributed by atoms with E-state index in [1.54, 1.807) is 0 Å². The van der Waals surface area contributed by atoms with Crippen molar-refractivity contribution < 1.29 is 0 Å². The molecule has 1 fully saturated rings. The van der Waals surface area contributed by atoms with Crippen molar-refractivity contribution in [3.05, 3.63) is 193 Å². The van der Waals surface area contributed by atoms with Crippen molar-refractivity contribution in [3.63, 3.8) is 0 Å². The van der Waals surface area contributed by atoms with Gasteiger partial charge in [-0.05, 0) is 74.5 Å². The van der Waals surface area contributed by atoms with Crippen LogP contribution in [0.25, 0.3) is 78.4 Å². The van der Waals surface area contributed by atoms with Crippen LogP contribution in [0.5, 0.6) is 0 Å². The summed E-state index contributed by atoms with van der Waals surface area (Å²) in [6.45, 7) is 0. The molecule has 1 spiro atoms. The van der Waals surface area contributed by atoms with E-state index in [9.17, 15) is 0 Å². The van der Waals surface area contributed by atoms with E-state index < -0.39 is 0 Å². The van der Waals surface area contributed by atoms with E-state index in [0.717, 1.165) is 28.1 Å². The zero-order valence-electron chi connectivity index (χ0n) is 30.3. The van der Waals surface area contributed by atoms with Crippen LogP contribution in [0.3, 0.4) is 0 Å². The van der Waals surface area contributed by atoms with Crippen LogP contribution < -0.4 is 0 Å². The van der Waals surface area contributed by atoms with Gasteiger partial charge in [-0.15, -0.1) is 0 Å². The Morgan fingerprint density at radius 3 is 1.41 bits per heavy atom. The molecule has 10 rings (SSSR count). The van der Waals surface area contributed by atoms with E-state index in [1.165, 1.54) is 87.7 Å². The Morgan fingerprint density at radius 2 is 0.778 bits per heavy atom. The molecule has 0 unspecified atom stereocenters. The van der Waals surface area contributed by atoms with Crippen LogP contribution in [0.15, 0.2) is 182 Å². The van der Waals surface area contributed by atoms with Gasteiger partial charge in [0.1, 0.15) is 0 Å².